The van der Waals surface area contributed by atoms with E-state index in [1.54, 1.807) is 7.11 Å². The molecule has 1 spiro atoms. The van der Waals surface area contributed by atoms with Crippen LogP contribution in [0.5, 0.6) is 11.5 Å². The molecular weight excluding hydrogens is 290 g/mol. The molecule has 0 unspecified atom stereocenters. The first-order chi connectivity index (χ1) is 11.2. The smallest absolute Gasteiger partial charge is 0.165 e. The molecule has 0 radical (unpaired) electrons. The Morgan fingerprint density at radius 2 is 2.13 bits per heavy atom. The molecule has 0 aromatic heterocycles. The van der Waals surface area contributed by atoms with Gasteiger partial charge in [-0.2, -0.15) is 0 Å². The summed E-state index contributed by atoms with van der Waals surface area (Å²) in [4.78, 5) is 2.57. The van der Waals surface area contributed by atoms with E-state index in [-0.39, 0.29) is 17.6 Å². The van der Waals surface area contributed by atoms with Gasteiger partial charge in [-0.05, 0) is 56.8 Å². The standard InChI is InChI=1S/C19H25NO3/c1-20-9-8-19-12-5-7-15(22-3)18(19)23-17-14(21-2)6-4-11(16(17)19)10-13(12)20/h4,6,12-13,15,18H,5,7-10H2,1-3H3/t12-,13+,15-,18-,19-/m0/s1. The summed E-state index contributed by atoms with van der Waals surface area (Å²) in [7, 11) is 5.87. The first-order valence-electron chi connectivity index (χ1n) is 8.80. The van der Waals surface area contributed by atoms with Crippen molar-refractivity contribution in [3.05, 3.63) is 23.3 Å². The fourth-order valence-corrected chi connectivity index (χ4v) is 6.08. The van der Waals surface area contributed by atoms with E-state index in [2.05, 4.69) is 24.1 Å². The van der Waals surface area contributed by atoms with Crippen molar-refractivity contribution in [1.29, 1.82) is 0 Å². The normalized spacial score (nSPS) is 40.5. The SMILES string of the molecule is COc1ccc2c3c1O[C@H]1[C@@H](OC)CC[C@H]4[C@@H](C2)N(C)CC[C@@]341. The van der Waals surface area contributed by atoms with Crippen LogP contribution in [0.15, 0.2) is 12.1 Å². The summed E-state index contributed by atoms with van der Waals surface area (Å²) >= 11 is 0. The molecule has 4 nitrogen and oxygen atoms in total. The summed E-state index contributed by atoms with van der Waals surface area (Å²) in [5.74, 6) is 2.57. The molecule has 2 fully saturated rings. The second-order valence-electron chi connectivity index (χ2n) is 7.67. The van der Waals surface area contributed by atoms with Crippen LogP contribution in [-0.4, -0.2) is 51.0 Å². The van der Waals surface area contributed by atoms with Gasteiger partial charge >= 0.3 is 0 Å². The Balaban J connectivity index is 1.77. The van der Waals surface area contributed by atoms with Crippen LogP contribution in [0.3, 0.4) is 0 Å². The van der Waals surface area contributed by atoms with Crippen molar-refractivity contribution in [2.45, 2.75) is 49.3 Å². The third kappa shape index (κ3) is 1.54. The highest BCUT2D eigenvalue weighted by Crippen LogP contribution is 2.63. The van der Waals surface area contributed by atoms with Gasteiger partial charge in [0.25, 0.3) is 0 Å². The maximum atomic E-state index is 6.57. The van der Waals surface area contributed by atoms with Gasteiger partial charge in [0.2, 0.25) is 0 Å². The topological polar surface area (TPSA) is 30.9 Å². The van der Waals surface area contributed by atoms with Gasteiger partial charge < -0.3 is 19.1 Å². The minimum atomic E-state index is 0.132. The number of ether oxygens (including phenoxy) is 3. The Bertz CT molecular complexity index is 660. The summed E-state index contributed by atoms with van der Waals surface area (Å²) in [6.07, 6.45) is 4.99. The van der Waals surface area contributed by atoms with Crippen molar-refractivity contribution in [2.24, 2.45) is 5.92 Å². The summed E-state index contributed by atoms with van der Waals surface area (Å²) < 4.78 is 18.1. The van der Waals surface area contributed by atoms with Crippen LogP contribution in [0.2, 0.25) is 0 Å². The van der Waals surface area contributed by atoms with Crippen molar-refractivity contribution in [3.63, 3.8) is 0 Å². The third-order valence-electron chi connectivity index (χ3n) is 7.05. The molecule has 0 N–H and O–H groups in total. The Hall–Kier alpha value is -1.26. The lowest BCUT2D eigenvalue weighted by Gasteiger charge is -2.58. The van der Waals surface area contributed by atoms with Gasteiger partial charge in [-0.15, -0.1) is 0 Å². The molecule has 23 heavy (non-hydrogen) atoms. The fraction of sp³-hybridized carbons (Fsp3) is 0.684. The number of hydrogen-bond donors (Lipinski definition) is 0. The fourth-order valence-electron chi connectivity index (χ4n) is 6.08. The van der Waals surface area contributed by atoms with Gasteiger partial charge in [0.1, 0.15) is 6.10 Å². The lowest BCUT2D eigenvalue weighted by molar-refractivity contribution is -0.111. The molecule has 5 rings (SSSR count). The van der Waals surface area contributed by atoms with Crippen molar-refractivity contribution < 1.29 is 14.2 Å². The van der Waals surface area contributed by atoms with E-state index in [9.17, 15) is 0 Å². The van der Waals surface area contributed by atoms with Crippen LogP contribution in [0.1, 0.15) is 30.4 Å². The van der Waals surface area contributed by atoms with E-state index in [0.717, 1.165) is 30.9 Å². The largest absolute Gasteiger partial charge is 0.493 e. The molecule has 1 saturated heterocycles. The molecular formula is C19H25NO3. The van der Waals surface area contributed by atoms with Crippen LogP contribution in [-0.2, 0) is 16.6 Å². The highest BCUT2D eigenvalue weighted by atomic mass is 16.6. The number of nitrogens with zero attached hydrogens (tertiary/aromatic N) is 1. The zero-order chi connectivity index (χ0) is 15.8. The summed E-state index contributed by atoms with van der Waals surface area (Å²) in [5, 5.41) is 0. The van der Waals surface area contributed by atoms with Gasteiger partial charge in [0.15, 0.2) is 11.5 Å². The van der Waals surface area contributed by atoms with E-state index in [1.165, 1.54) is 24.0 Å². The zero-order valence-electron chi connectivity index (χ0n) is 14.2. The number of likely N-dealkylation sites (N-methyl/N-ethyl adjacent to an activating group) is 1. The van der Waals surface area contributed by atoms with E-state index >= 15 is 0 Å². The van der Waals surface area contributed by atoms with Crippen LogP contribution < -0.4 is 9.47 Å². The highest BCUT2D eigenvalue weighted by Gasteiger charge is 2.65. The van der Waals surface area contributed by atoms with Gasteiger partial charge in [0, 0.05) is 24.1 Å². The molecule has 2 aliphatic carbocycles. The molecule has 1 aromatic carbocycles. The van der Waals surface area contributed by atoms with Crippen LogP contribution in [0, 0.1) is 5.92 Å². The second kappa shape index (κ2) is 4.64. The Kier molecular flexibility index (Phi) is 2.85. The van der Waals surface area contributed by atoms with E-state index in [0.29, 0.717) is 12.0 Å². The van der Waals surface area contributed by atoms with Gasteiger partial charge in [0.05, 0.1) is 13.2 Å². The number of piperidine rings is 1. The number of rotatable bonds is 2. The zero-order valence-corrected chi connectivity index (χ0v) is 14.2. The highest BCUT2D eigenvalue weighted by molar-refractivity contribution is 5.61. The first-order valence-corrected chi connectivity index (χ1v) is 8.80. The molecule has 2 heterocycles. The molecule has 2 aliphatic heterocycles. The van der Waals surface area contributed by atoms with Crippen LogP contribution in [0.25, 0.3) is 0 Å². The first kappa shape index (κ1) is 14.1. The average molecular weight is 315 g/mol. The van der Waals surface area contributed by atoms with Crippen molar-refractivity contribution in [1.82, 2.24) is 4.90 Å². The predicted octanol–water partition coefficient (Wildman–Crippen LogP) is 2.38. The number of benzene rings is 1. The molecule has 2 bridgehead atoms. The van der Waals surface area contributed by atoms with Gasteiger partial charge in [-0.25, -0.2) is 0 Å². The monoisotopic (exact) mass is 315 g/mol. The second-order valence-corrected chi connectivity index (χ2v) is 7.67. The van der Waals surface area contributed by atoms with Crippen molar-refractivity contribution in [2.75, 3.05) is 27.8 Å². The number of likely N-dealkylation sites (tertiary alicyclic amines) is 1. The van der Waals surface area contributed by atoms with E-state index < -0.39 is 0 Å². The molecule has 1 saturated carbocycles. The maximum absolute atomic E-state index is 6.57. The number of methoxy groups -OCH3 is 2. The van der Waals surface area contributed by atoms with Crippen molar-refractivity contribution in [3.8, 4) is 11.5 Å². The maximum Gasteiger partial charge on any atom is 0.165 e. The molecule has 124 valence electrons. The summed E-state index contributed by atoms with van der Waals surface area (Å²) in [6, 6.07) is 4.99. The van der Waals surface area contributed by atoms with Gasteiger partial charge in [-0.3, -0.25) is 0 Å². The minimum absolute atomic E-state index is 0.132. The Labute approximate surface area is 137 Å². The van der Waals surface area contributed by atoms with E-state index in [4.69, 9.17) is 14.2 Å². The van der Waals surface area contributed by atoms with Gasteiger partial charge in [-0.1, -0.05) is 6.07 Å². The average Bonchev–Trinajstić information content (AvgIpc) is 2.92. The third-order valence-corrected chi connectivity index (χ3v) is 7.05. The summed E-state index contributed by atoms with van der Waals surface area (Å²) in [6.45, 7) is 1.15. The lowest BCUT2D eigenvalue weighted by atomic mass is 9.51. The molecule has 4 heteroatoms. The molecule has 1 aromatic rings. The quantitative estimate of drug-likeness (QED) is 0.838. The molecule has 5 atom stereocenters. The van der Waals surface area contributed by atoms with Crippen LogP contribution >= 0.6 is 0 Å². The summed E-state index contributed by atoms with van der Waals surface area (Å²) in [5.41, 5.74) is 3.05. The van der Waals surface area contributed by atoms with E-state index in [1.807, 2.05) is 7.11 Å². The van der Waals surface area contributed by atoms with Crippen molar-refractivity contribution >= 4 is 0 Å². The predicted molar refractivity (Wildman–Crippen MR) is 87.3 cm³/mol. The van der Waals surface area contributed by atoms with Crippen LogP contribution in [0.4, 0.5) is 0 Å². The lowest BCUT2D eigenvalue weighted by Crippen LogP contribution is -2.66. The Morgan fingerprint density at radius 3 is 2.91 bits per heavy atom. The molecule has 0 amide bonds. The number of hydrogen-bond acceptors (Lipinski definition) is 4. The minimum Gasteiger partial charge on any atom is -0.493 e. The Morgan fingerprint density at radius 1 is 1.26 bits per heavy atom. The molecule has 4 aliphatic rings.